The summed E-state index contributed by atoms with van der Waals surface area (Å²) >= 11 is 4.28. The highest BCUT2D eigenvalue weighted by atomic mass is 79.9. The number of nitrogen functional groups attached to an aromatic ring is 1. The number of nitrogens with two attached hydrogens (primary N) is 1. The molecule has 2 aromatic rings. The second-order valence-corrected chi connectivity index (χ2v) is 12.8. The zero-order valence-corrected chi connectivity index (χ0v) is 17.1. The van der Waals surface area contributed by atoms with Gasteiger partial charge in [-0.1, -0.05) is 37.3 Å². The molecule has 3 nitrogen and oxygen atoms in total. The Labute approximate surface area is 158 Å². The summed E-state index contributed by atoms with van der Waals surface area (Å²) in [4.78, 5) is 4.44. The van der Waals surface area contributed by atoms with Crippen molar-refractivity contribution >= 4 is 41.5 Å². The molecule has 128 valence electrons. The van der Waals surface area contributed by atoms with Crippen LogP contribution >= 0.6 is 27.7 Å². The van der Waals surface area contributed by atoms with E-state index < -0.39 is 19.7 Å². The fourth-order valence-corrected chi connectivity index (χ4v) is 3.91. The predicted octanol–water partition coefficient (Wildman–Crippen LogP) is 4.96. The van der Waals surface area contributed by atoms with Gasteiger partial charge >= 0.3 is 0 Å². The molecule has 0 saturated heterocycles. The quantitative estimate of drug-likeness (QED) is 0.312. The number of hydrogen-bond donors (Lipinski definition) is 1. The molecule has 0 aliphatic rings. The Balaban J connectivity index is 2.60. The van der Waals surface area contributed by atoms with Crippen LogP contribution in [0.2, 0.25) is 19.6 Å². The van der Waals surface area contributed by atoms with Crippen molar-refractivity contribution in [3.63, 3.8) is 0 Å². The molecule has 0 aliphatic carbocycles. The van der Waals surface area contributed by atoms with Crippen LogP contribution in [0.25, 0.3) is 0 Å². The molecule has 0 saturated carbocycles. The molecule has 0 spiro atoms. The standard InChI is InChI=1S/C17H14BrF2N3SSi/c1-25(2,3)7-5-12-13(18)17(15(20)14(19)16(12)22)24-11-4-6-23-10(8-11)9-21/h4,6,8H,22H2,1-3H3. The van der Waals surface area contributed by atoms with Gasteiger partial charge in [0.15, 0.2) is 11.6 Å². The normalized spacial score (nSPS) is 10.8. The first-order chi connectivity index (χ1) is 11.6. The third kappa shape index (κ3) is 4.60. The molecule has 0 aliphatic heterocycles. The number of halogens is 3. The van der Waals surface area contributed by atoms with Crippen LogP contribution in [0, 0.1) is 34.4 Å². The van der Waals surface area contributed by atoms with Gasteiger partial charge < -0.3 is 5.73 Å². The Bertz CT molecular complexity index is 940. The van der Waals surface area contributed by atoms with Gasteiger partial charge in [0.1, 0.15) is 19.8 Å². The third-order valence-electron chi connectivity index (χ3n) is 2.95. The van der Waals surface area contributed by atoms with Gasteiger partial charge in [0.25, 0.3) is 0 Å². The third-order valence-corrected chi connectivity index (χ3v) is 5.95. The zero-order valence-electron chi connectivity index (χ0n) is 13.7. The Hall–Kier alpha value is -1.87. The van der Waals surface area contributed by atoms with Crippen LogP contribution in [-0.4, -0.2) is 13.1 Å². The monoisotopic (exact) mass is 437 g/mol. The van der Waals surface area contributed by atoms with E-state index in [1.807, 2.05) is 25.7 Å². The summed E-state index contributed by atoms with van der Waals surface area (Å²) in [6.07, 6.45) is 1.44. The van der Waals surface area contributed by atoms with E-state index in [-0.39, 0.29) is 21.8 Å². The topological polar surface area (TPSA) is 62.7 Å². The molecule has 1 aromatic heterocycles. The van der Waals surface area contributed by atoms with Crippen LogP contribution in [0.15, 0.2) is 32.6 Å². The van der Waals surface area contributed by atoms with Crippen LogP contribution < -0.4 is 5.73 Å². The summed E-state index contributed by atoms with van der Waals surface area (Å²) in [6.45, 7) is 6.13. The number of aromatic nitrogens is 1. The van der Waals surface area contributed by atoms with E-state index in [1.54, 1.807) is 6.07 Å². The fraction of sp³-hybridized carbons (Fsp3) is 0.176. The fourth-order valence-electron chi connectivity index (χ4n) is 1.77. The van der Waals surface area contributed by atoms with E-state index in [2.05, 4.69) is 32.4 Å². The van der Waals surface area contributed by atoms with Crippen molar-refractivity contribution in [1.82, 2.24) is 4.98 Å². The van der Waals surface area contributed by atoms with E-state index in [9.17, 15) is 8.78 Å². The smallest absolute Gasteiger partial charge is 0.184 e. The average molecular weight is 438 g/mol. The number of hydrogen-bond acceptors (Lipinski definition) is 4. The number of rotatable bonds is 2. The maximum atomic E-state index is 14.4. The lowest BCUT2D eigenvalue weighted by molar-refractivity contribution is 0.493. The molecule has 1 aromatic carbocycles. The van der Waals surface area contributed by atoms with E-state index in [1.165, 1.54) is 12.3 Å². The Kier molecular flexibility index (Phi) is 5.89. The molecule has 2 N–H and O–H groups in total. The second-order valence-electron chi connectivity index (χ2n) is 6.15. The van der Waals surface area contributed by atoms with Gasteiger partial charge in [0.05, 0.1) is 20.6 Å². The Morgan fingerprint density at radius 1 is 1.28 bits per heavy atom. The van der Waals surface area contributed by atoms with Gasteiger partial charge in [0.2, 0.25) is 0 Å². The molecular formula is C17H14BrF2N3SSi. The van der Waals surface area contributed by atoms with Crippen molar-refractivity contribution in [3.8, 4) is 17.5 Å². The van der Waals surface area contributed by atoms with Crippen LogP contribution in [0.4, 0.5) is 14.5 Å². The molecule has 1 heterocycles. The maximum absolute atomic E-state index is 14.4. The van der Waals surface area contributed by atoms with Gasteiger partial charge in [0, 0.05) is 11.1 Å². The first-order valence-corrected chi connectivity index (χ1v) is 12.3. The number of benzene rings is 1. The van der Waals surface area contributed by atoms with Crippen molar-refractivity contribution in [2.24, 2.45) is 0 Å². The number of pyridine rings is 1. The minimum Gasteiger partial charge on any atom is -0.395 e. The zero-order chi connectivity index (χ0) is 18.8. The Morgan fingerprint density at radius 2 is 1.96 bits per heavy atom. The van der Waals surface area contributed by atoms with Crippen molar-refractivity contribution in [2.45, 2.75) is 29.4 Å². The summed E-state index contributed by atoms with van der Waals surface area (Å²) in [7, 11) is -1.73. The van der Waals surface area contributed by atoms with E-state index in [4.69, 9.17) is 11.0 Å². The molecular weight excluding hydrogens is 424 g/mol. The Morgan fingerprint density at radius 3 is 2.56 bits per heavy atom. The van der Waals surface area contributed by atoms with Crippen LogP contribution in [0.1, 0.15) is 11.3 Å². The molecule has 0 fully saturated rings. The van der Waals surface area contributed by atoms with E-state index >= 15 is 0 Å². The minimum absolute atomic E-state index is 0.0293. The highest BCUT2D eigenvalue weighted by molar-refractivity contribution is 9.10. The van der Waals surface area contributed by atoms with Gasteiger partial charge in [-0.05, 0) is 28.1 Å². The average Bonchev–Trinajstić information content (AvgIpc) is 2.56. The second kappa shape index (κ2) is 7.57. The lowest BCUT2D eigenvalue weighted by atomic mass is 10.2. The SMILES string of the molecule is C[Si](C)(C)C#Cc1c(N)c(F)c(F)c(Sc2ccnc(C#N)c2)c1Br. The van der Waals surface area contributed by atoms with E-state index in [0.717, 1.165) is 11.8 Å². The molecule has 0 bridgehead atoms. The number of nitrogens with zero attached hydrogens (tertiary/aromatic N) is 2. The van der Waals surface area contributed by atoms with Crippen molar-refractivity contribution in [2.75, 3.05) is 5.73 Å². The molecule has 25 heavy (non-hydrogen) atoms. The highest BCUT2D eigenvalue weighted by Crippen LogP contribution is 2.41. The lowest BCUT2D eigenvalue weighted by Crippen LogP contribution is -2.16. The lowest BCUT2D eigenvalue weighted by Gasteiger charge is -2.12. The van der Waals surface area contributed by atoms with Crippen LogP contribution in [0.3, 0.4) is 0 Å². The van der Waals surface area contributed by atoms with Crippen molar-refractivity contribution in [3.05, 3.63) is 45.7 Å². The van der Waals surface area contributed by atoms with Gasteiger partial charge in [-0.3, -0.25) is 0 Å². The first kappa shape index (κ1) is 19.5. The molecule has 0 unspecified atom stereocenters. The van der Waals surface area contributed by atoms with Gasteiger partial charge in [-0.2, -0.15) is 5.26 Å². The highest BCUT2D eigenvalue weighted by Gasteiger charge is 2.22. The summed E-state index contributed by atoms with van der Waals surface area (Å²) in [5.41, 5.74) is 8.94. The summed E-state index contributed by atoms with van der Waals surface area (Å²) in [5, 5.41) is 8.91. The van der Waals surface area contributed by atoms with Gasteiger partial charge in [-0.15, -0.1) is 5.54 Å². The summed E-state index contributed by atoms with van der Waals surface area (Å²) in [5.74, 6) is 0.716. The van der Waals surface area contributed by atoms with Crippen molar-refractivity contribution < 1.29 is 8.78 Å². The largest absolute Gasteiger partial charge is 0.395 e. The maximum Gasteiger partial charge on any atom is 0.184 e. The molecule has 8 heteroatoms. The number of anilines is 1. The predicted molar refractivity (Wildman–Crippen MR) is 102 cm³/mol. The molecule has 2 rings (SSSR count). The summed E-state index contributed by atoms with van der Waals surface area (Å²) in [6, 6.07) is 5.02. The molecule has 0 amide bonds. The van der Waals surface area contributed by atoms with Crippen LogP contribution in [-0.2, 0) is 0 Å². The number of nitriles is 1. The minimum atomic E-state index is -1.73. The molecule has 0 radical (unpaired) electrons. The van der Waals surface area contributed by atoms with Crippen molar-refractivity contribution in [1.29, 1.82) is 5.26 Å². The van der Waals surface area contributed by atoms with E-state index in [0.29, 0.717) is 9.37 Å². The van der Waals surface area contributed by atoms with Gasteiger partial charge in [-0.25, -0.2) is 13.8 Å². The summed E-state index contributed by atoms with van der Waals surface area (Å²) < 4.78 is 29.0. The molecule has 0 atom stereocenters. The first-order valence-electron chi connectivity index (χ1n) is 7.17. The van der Waals surface area contributed by atoms with Crippen LogP contribution in [0.5, 0.6) is 0 Å².